The number of hydrogen-bond acceptors (Lipinski definition) is 4. The molecule has 0 bridgehead atoms. The summed E-state index contributed by atoms with van der Waals surface area (Å²) in [6.07, 6.45) is 5.84. The number of rotatable bonds is 5. The van der Waals surface area contributed by atoms with Crippen LogP contribution in [-0.4, -0.2) is 66.1 Å². The second-order valence-corrected chi connectivity index (χ2v) is 9.18. The zero-order valence-electron chi connectivity index (χ0n) is 14.3. The Bertz CT molecular complexity index is 657. The maximum atomic E-state index is 13.5. The topological polar surface area (TPSA) is 82.2 Å². The highest BCUT2D eigenvalue weighted by Crippen LogP contribution is 2.35. The van der Waals surface area contributed by atoms with Crippen LogP contribution in [0, 0.1) is 5.92 Å². The summed E-state index contributed by atoms with van der Waals surface area (Å²) < 4.78 is 40.6. The van der Waals surface area contributed by atoms with E-state index in [1.807, 2.05) is 0 Å². The Labute approximate surface area is 142 Å². The van der Waals surface area contributed by atoms with Crippen LogP contribution >= 0.6 is 0 Å². The predicted molar refractivity (Wildman–Crippen MR) is 88.6 cm³/mol. The van der Waals surface area contributed by atoms with Crippen molar-refractivity contribution < 1.29 is 12.8 Å². The van der Waals surface area contributed by atoms with Gasteiger partial charge in [-0.3, -0.25) is 9.49 Å². The second-order valence-electron chi connectivity index (χ2n) is 7.04. The Morgan fingerprint density at radius 2 is 1.96 bits per heavy atom. The lowest BCUT2D eigenvalue weighted by Gasteiger charge is -2.20. The van der Waals surface area contributed by atoms with Crippen LogP contribution in [0.1, 0.15) is 55.6 Å². The summed E-state index contributed by atoms with van der Waals surface area (Å²) in [5.41, 5.74) is 0. The summed E-state index contributed by atoms with van der Waals surface area (Å²) in [4.78, 5) is 4.61. The molecule has 1 aliphatic heterocycles. The zero-order valence-corrected chi connectivity index (χ0v) is 15.1. The van der Waals surface area contributed by atoms with Gasteiger partial charge < -0.3 is 0 Å². The SMILES string of the molecule is CN(C)S(=O)(=O)N1C[C@@H](CF)[C@H](c2nc(C3CCCCC3)n[nH]2)C1. The van der Waals surface area contributed by atoms with E-state index >= 15 is 0 Å². The van der Waals surface area contributed by atoms with Crippen molar-refractivity contribution in [1.82, 2.24) is 23.8 Å². The number of hydrogen-bond donors (Lipinski definition) is 1. The highest BCUT2D eigenvalue weighted by Gasteiger charge is 2.42. The maximum Gasteiger partial charge on any atom is 0.281 e. The average molecular weight is 359 g/mol. The molecule has 1 N–H and O–H groups in total. The monoisotopic (exact) mass is 359 g/mol. The molecule has 2 fully saturated rings. The van der Waals surface area contributed by atoms with Crippen molar-refractivity contribution >= 4 is 10.2 Å². The van der Waals surface area contributed by atoms with Gasteiger partial charge in [-0.05, 0) is 12.8 Å². The number of aromatic amines is 1. The zero-order chi connectivity index (χ0) is 17.3. The third-order valence-electron chi connectivity index (χ3n) is 5.23. The van der Waals surface area contributed by atoms with Crippen molar-refractivity contribution in [3.8, 4) is 0 Å². The Balaban J connectivity index is 1.77. The van der Waals surface area contributed by atoms with Crippen LogP contribution in [0.2, 0.25) is 0 Å². The lowest BCUT2D eigenvalue weighted by atomic mass is 9.89. The Morgan fingerprint density at radius 1 is 1.25 bits per heavy atom. The predicted octanol–water partition coefficient (Wildman–Crippen LogP) is 1.64. The van der Waals surface area contributed by atoms with E-state index in [0.717, 1.165) is 18.7 Å². The van der Waals surface area contributed by atoms with Crippen molar-refractivity contribution in [2.24, 2.45) is 5.92 Å². The fraction of sp³-hybridized carbons (Fsp3) is 0.867. The molecule has 2 heterocycles. The van der Waals surface area contributed by atoms with Crippen LogP contribution in [-0.2, 0) is 10.2 Å². The molecule has 0 amide bonds. The summed E-state index contributed by atoms with van der Waals surface area (Å²) in [5.74, 6) is 1.14. The first-order valence-electron chi connectivity index (χ1n) is 8.59. The lowest BCUT2D eigenvalue weighted by molar-refractivity contribution is 0.342. The van der Waals surface area contributed by atoms with E-state index in [2.05, 4.69) is 15.2 Å². The third-order valence-corrected chi connectivity index (χ3v) is 7.11. The molecule has 136 valence electrons. The molecule has 0 aromatic carbocycles. The maximum absolute atomic E-state index is 13.5. The molecule has 3 rings (SSSR count). The van der Waals surface area contributed by atoms with Gasteiger partial charge in [0, 0.05) is 44.9 Å². The van der Waals surface area contributed by atoms with Crippen molar-refractivity contribution in [2.75, 3.05) is 33.9 Å². The van der Waals surface area contributed by atoms with Crippen LogP contribution in [0.15, 0.2) is 0 Å². The third kappa shape index (κ3) is 3.34. The summed E-state index contributed by atoms with van der Waals surface area (Å²) in [6.45, 7) is -0.140. The minimum absolute atomic E-state index is 0.182. The number of halogens is 1. The lowest BCUT2D eigenvalue weighted by Crippen LogP contribution is -2.38. The summed E-state index contributed by atoms with van der Waals surface area (Å²) in [6, 6.07) is 0. The fourth-order valence-electron chi connectivity index (χ4n) is 3.71. The minimum Gasteiger partial charge on any atom is -0.263 e. The number of nitrogens with zero attached hydrogens (tertiary/aromatic N) is 4. The van der Waals surface area contributed by atoms with E-state index in [0.29, 0.717) is 11.7 Å². The summed E-state index contributed by atoms with van der Waals surface area (Å²) in [7, 11) is -0.559. The van der Waals surface area contributed by atoms with E-state index in [-0.39, 0.29) is 24.9 Å². The van der Waals surface area contributed by atoms with E-state index in [9.17, 15) is 12.8 Å². The largest absolute Gasteiger partial charge is 0.281 e. The van der Waals surface area contributed by atoms with E-state index in [1.54, 1.807) is 0 Å². The highest BCUT2D eigenvalue weighted by molar-refractivity contribution is 7.86. The van der Waals surface area contributed by atoms with Crippen molar-refractivity contribution in [1.29, 1.82) is 0 Å². The molecule has 1 aromatic rings. The molecule has 2 aliphatic rings. The smallest absolute Gasteiger partial charge is 0.263 e. The van der Waals surface area contributed by atoms with Crippen molar-refractivity contribution in [3.05, 3.63) is 11.6 Å². The molecule has 0 spiro atoms. The van der Waals surface area contributed by atoms with Crippen molar-refractivity contribution in [2.45, 2.75) is 43.9 Å². The molecule has 1 aliphatic carbocycles. The van der Waals surface area contributed by atoms with Gasteiger partial charge in [0.2, 0.25) is 0 Å². The van der Waals surface area contributed by atoms with Gasteiger partial charge in [-0.2, -0.15) is 22.1 Å². The van der Waals surface area contributed by atoms with Gasteiger partial charge in [0.25, 0.3) is 10.2 Å². The molecule has 9 heteroatoms. The normalized spacial score (nSPS) is 27.2. The summed E-state index contributed by atoms with van der Waals surface area (Å²) >= 11 is 0. The molecule has 7 nitrogen and oxygen atoms in total. The molecule has 0 radical (unpaired) electrons. The van der Waals surface area contributed by atoms with Gasteiger partial charge in [0.1, 0.15) is 5.82 Å². The highest BCUT2D eigenvalue weighted by atomic mass is 32.2. The number of alkyl halides is 1. The van der Waals surface area contributed by atoms with Gasteiger partial charge in [0.05, 0.1) is 6.67 Å². The Hall–Kier alpha value is -1.06. The first kappa shape index (κ1) is 17.8. The van der Waals surface area contributed by atoms with Crippen LogP contribution in [0.5, 0.6) is 0 Å². The van der Waals surface area contributed by atoms with E-state index < -0.39 is 16.9 Å². The van der Waals surface area contributed by atoms with Gasteiger partial charge in [-0.15, -0.1) is 0 Å². The molecule has 0 unspecified atom stereocenters. The first-order valence-corrected chi connectivity index (χ1v) is 9.99. The number of aromatic nitrogens is 3. The molecule has 1 saturated heterocycles. The summed E-state index contributed by atoms with van der Waals surface area (Å²) in [5, 5.41) is 7.29. The van der Waals surface area contributed by atoms with Crippen LogP contribution < -0.4 is 0 Å². The number of nitrogens with one attached hydrogen (secondary N) is 1. The van der Waals surface area contributed by atoms with Gasteiger partial charge in [0.15, 0.2) is 5.82 Å². The van der Waals surface area contributed by atoms with Crippen molar-refractivity contribution in [3.63, 3.8) is 0 Å². The molecule has 2 atom stereocenters. The van der Waals surface area contributed by atoms with E-state index in [1.165, 1.54) is 42.0 Å². The van der Waals surface area contributed by atoms with Gasteiger partial charge in [-0.1, -0.05) is 19.3 Å². The van der Waals surface area contributed by atoms with E-state index in [4.69, 9.17) is 0 Å². The van der Waals surface area contributed by atoms with Gasteiger partial charge in [-0.25, -0.2) is 4.98 Å². The molecule has 24 heavy (non-hydrogen) atoms. The van der Waals surface area contributed by atoms with Crippen LogP contribution in [0.4, 0.5) is 4.39 Å². The molecular weight excluding hydrogens is 333 g/mol. The van der Waals surface area contributed by atoms with Crippen LogP contribution in [0.25, 0.3) is 0 Å². The van der Waals surface area contributed by atoms with Crippen LogP contribution in [0.3, 0.4) is 0 Å². The Morgan fingerprint density at radius 3 is 2.58 bits per heavy atom. The first-order chi connectivity index (χ1) is 11.4. The molecular formula is C15H26FN5O2S. The fourth-order valence-corrected chi connectivity index (χ4v) is 4.91. The molecule has 1 aromatic heterocycles. The number of H-pyrrole nitrogens is 1. The molecule has 1 saturated carbocycles. The standard InChI is InChI=1S/C15H26FN5O2S/c1-20(2)24(22,23)21-9-12(8-16)13(10-21)15-17-14(18-19-15)11-6-4-3-5-7-11/h11-13H,3-10H2,1-2H3,(H,17,18,19)/t12-,13-/m1/s1. The second kappa shape index (κ2) is 7.05. The van der Waals surface area contributed by atoms with Gasteiger partial charge >= 0.3 is 0 Å². The average Bonchev–Trinajstić information content (AvgIpc) is 3.22. The Kier molecular flexibility index (Phi) is 5.22. The minimum atomic E-state index is -3.54. The quantitative estimate of drug-likeness (QED) is 0.866.